The van der Waals surface area contributed by atoms with Crippen molar-refractivity contribution >= 4 is 11.9 Å². The Bertz CT molecular complexity index is 786. The van der Waals surface area contributed by atoms with Crippen LogP contribution in [0.3, 0.4) is 0 Å². The summed E-state index contributed by atoms with van der Waals surface area (Å²) in [5, 5.41) is 13.9. The highest BCUT2D eigenvalue weighted by molar-refractivity contribution is 5.98. The monoisotopic (exact) mass is 344 g/mol. The molecule has 132 valence electrons. The molecular weight excluding hydrogens is 324 g/mol. The summed E-state index contributed by atoms with van der Waals surface area (Å²) in [4.78, 5) is 30.3. The Morgan fingerprint density at radius 2 is 2.04 bits per heavy atom. The summed E-state index contributed by atoms with van der Waals surface area (Å²) in [5.41, 5.74) is -0.0733. The molecule has 1 fully saturated rings. The van der Waals surface area contributed by atoms with Crippen LogP contribution >= 0.6 is 0 Å². The zero-order valence-electron chi connectivity index (χ0n) is 14.2. The maximum Gasteiger partial charge on any atom is 0.332 e. The Morgan fingerprint density at radius 3 is 2.60 bits per heavy atom. The molecule has 1 saturated heterocycles. The van der Waals surface area contributed by atoms with Gasteiger partial charge < -0.3 is 14.7 Å². The normalized spacial score (nSPS) is 20.0. The fourth-order valence-electron chi connectivity index (χ4n) is 3.24. The lowest BCUT2D eigenvalue weighted by atomic mass is 9.96. The number of ether oxygens (including phenoxy) is 1. The molecule has 8 heteroatoms. The summed E-state index contributed by atoms with van der Waals surface area (Å²) in [6.45, 7) is 0.377. The molecule has 1 aromatic carbocycles. The number of methoxy groups -OCH3 is 1. The number of nitrogens with zero attached hydrogens (tertiary/aromatic N) is 4. The molecule has 1 N–H and O–H groups in total. The van der Waals surface area contributed by atoms with E-state index in [9.17, 15) is 14.7 Å². The number of carboxylic acid groups (broad SMARTS) is 1. The van der Waals surface area contributed by atoms with E-state index in [0.29, 0.717) is 30.8 Å². The first-order chi connectivity index (χ1) is 12.0. The van der Waals surface area contributed by atoms with Gasteiger partial charge in [-0.15, -0.1) is 0 Å². The highest BCUT2D eigenvalue weighted by atomic mass is 16.5. The first-order valence-electron chi connectivity index (χ1n) is 7.98. The summed E-state index contributed by atoms with van der Waals surface area (Å²) >= 11 is 0. The smallest absolute Gasteiger partial charge is 0.332 e. The third kappa shape index (κ3) is 3.00. The molecular formula is C17H20N4O4. The van der Waals surface area contributed by atoms with Gasteiger partial charge in [-0.05, 0) is 25.0 Å². The van der Waals surface area contributed by atoms with Gasteiger partial charge in [0.1, 0.15) is 6.33 Å². The predicted octanol–water partition coefficient (Wildman–Crippen LogP) is 1.19. The molecule has 3 rings (SSSR count). The molecule has 0 aliphatic carbocycles. The van der Waals surface area contributed by atoms with E-state index in [2.05, 4.69) is 10.1 Å². The Hall–Kier alpha value is -2.74. The van der Waals surface area contributed by atoms with Gasteiger partial charge in [-0.2, -0.15) is 5.10 Å². The van der Waals surface area contributed by atoms with Crippen molar-refractivity contribution in [2.24, 2.45) is 7.05 Å². The number of carbonyl (C=O) groups excluding carboxylic acids is 1. The summed E-state index contributed by atoms with van der Waals surface area (Å²) < 4.78 is 6.69. The van der Waals surface area contributed by atoms with Crippen LogP contribution in [0.25, 0.3) is 11.4 Å². The van der Waals surface area contributed by atoms with E-state index in [1.807, 2.05) is 0 Å². The second kappa shape index (κ2) is 6.64. The number of aromatic nitrogens is 3. The van der Waals surface area contributed by atoms with Gasteiger partial charge in [-0.3, -0.25) is 9.48 Å². The lowest BCUT2D eigenvalue weighted by Gasteiger charge is -2.34. The third-order valence-electron chi connectivity index (χ3n) is 4.50. The minimum atomic E-state index is -1.30. The third-order valence-corrected chi connectivity index (χ3v) is 4.50. The van der Waals surface area contributed by atoms with Crippen molar-refractivity contribution in [1.82, 2.24) is 19.7 Å². The minimum Gasteiger partial charge on any atom is -0.479 e. The average Bonchev–Trinajstić information content (AvgIpc) is 3.22. The lowest BCUT2D eigenvalue weighted by Crippen LogP contribution is -2.56. The highest BCUT2D eigenvalue weighted by Crippen LogP contribution is 2.32. The van der Waals surface area contributed by atoms with E-state index in [0.717, 1.165) is 5.56 Å². The molecule has 0 radical (unpaired) electrons. The van der Waals surface area contributed by atoms with E-state index in [1.54, 1.807) is 42.3 Å². The molecule has 1 atom stereocenters. The van der Waals surface area contributed by atoms with Crippen LogP contribution in [-0.4, -0.2) is 62.4 Å². The number of benzene rings is 1. The number of carbonyl (C=O) groups is 2. The molecule has 0 saturated carbocycles. The molecule has 1 aliphatic heterocycles. The molecule has 8 nitrogen and oxygen atoms in total. The van der Waals surface area contributed by atoms with Gasteiger partial charge in [0.25, 0.3) is 5.91 Å². The Morgan fingerprint density at radius 1 is 1.32 bits per heavy atom. The molecule has 1 aromatic heterocycles. The van der Waals surface area contributed by atoms with Crippen molar-refractivity contribution in [3.8, 4) is 11.4 Å². The van der Waals surface area contributed by atoms with Gasteiger partial charge in [-0.25, -0.2) is 9.78 Å². The molecule has 25 heavy (non-hydrogen) atoms. The minimum absolute atomic E-state index is 0.0238. The van der Waals surface area contributed by atoms with Crippen LogP contribution < -0.4 is 0 Å². The van der Waals surface area contributed by atoms with Crippen molar-refractivity contribution in [1.29, 1.82) is 0 Å². The molecule has 1 aliphatic rings. The van der Waals surface area contributed by atoms with Crippen molar-refractivity contribution in [2.45, 2.75) is 18.4 Å². The Labute approximate surface area is 145 Å². The van der Waals surface area contributed by atoms with Crippen LogP contribution in [0.15, 0.2) is 30.6 Å². The fourth-order valence-corrected chi connectivity index (χ4v) is 3.24. The average molecular weight is 344 g/mol. The number of hydrogen-bond acceptors (Lipinski definition) is 5. The van der Waals surface area contributed by atoms with E-state index >= 15 is 0 Å². The standard InChI is InChI=1S/C17H20N4O4/c1-20-11-18-14(19-20)12-4-6-13(7-5-12)15(22)21-9-3-8-17(21,10-25-2)16(23)24/h4-7,11H,3,8-10H2,1-2H3,(H,23,24). The SMILES string of the molecule is COCC1(C(=O)O)CCCN1C(=O)c1ccc(-c2ncn(C)n2)cc1. The van der Waals surface area contributed by atoms with E-state index in [-0.39, 0.29) is 12.5 Å². The first kappa shape index (κ1) is 17.1. The van der Waals surface area contributed by atoms with Crippen LogP contribution in [0.2, 0.25) is 0 Å². The first-order valence-corrected chi connectivity index (χ1v) is 7.98. The molecule has 1 amide bonds. The Balaban J connectivity index is 1.86. The summed E-state index contributed by atoms with van der Waals surface area (Å²) in [6, 6.07) is 6.87. The second-order valence-corrected chi connectivity index (χ2v) is 6.15. The van der Waals surface area contributed by atoms with Gasteiger partial charge in [0.05, 0.1) is 6.61 Å². The zero-order valence-corrected chi connectivity index (χ0v) is 14.2. The number of aryl methyl sites for hydroxylation is 1. The topological polar surface area (TPSA) is 97.5 Å². The number of likely N-dealkylation sites (tertiary alicyclic amines) is 1. The number of aliphatic carboxylic acids is 1. The van der Waals surface area contributed by atoms with Crippen LogP contribution in [0, 0.1) is 0 Å². The largest absolute Gasteiger partial charge is 0.479 e. The molecule has 2 heterocycles. The predicted molar refractivity (Wildman–Crippen MR) is 89.0 cm³/mol. The van der Waals surface area contributed by atoms with E-state index in [1.165, 1.54) is 12.0 Å². The van der Waals surface area contributed by atoms with Crippen LogP contribution in [0.4, 0.5) is 0 Å². The number of amides is 1. The molecule has 1 unspecified atom stereocenters. The number of rotatable bonds is 5. The van der Waals surface area contributed by atoms with Gasteiger partial charge in [0.2, 0.25) is 0 Å². The van der Waals surface area contributed by atoms with Crippen molar-refractivity contribution < 1.29 is 19.4 Å². The van der Waals surface area contributed by atoms with Crippen molar-refractivity contribution in [2.75, 3.05) is 20.3 Å². The van der Waals surface area contributed by atoms with Gasteiger partial charge >= 0.3 is 5.97 Å². The fraction of sp³-hybridized carbons (Fsp3) is 0.412. The maximum absolute atomic E-state index is 12.9. The van der Waals surface area contributed by atoms with Gasteiger partial charge in [0.15, 0.2) is 11.4 Å². The van der Waals surface area contributed by atoms with Crippen LogP contribution in [-0.2, 0) is 16.6 Å². The Kier molecular flexibility index (Phi) is 4.54. The highest BCUT2D eigenvalue weighted by Gasteiger charge is 2.50. The number of carboxylic acids is 1. The van der Waals surface area contributed by atoms with Gasteiger partial charge in [-0.1, -0.05) is 12.1 Å². The molecule has 0 bridgehead atoms. The van der Waals surface area contributed by atoms with Crippen molar-refractivity contribution in [3.63, 3.8) is 0 Å². The molecule has 0 spiro atoms. The zero-order chi connectivity index (χ0) is 18.0. The van der Waals surface area contributed by atoms with Crippen molar-refractivity contribution in [3.05, 3.63) is 36.2 Å². The van der Waals surface area contributed by atoms with E-state index < -0.39 is 11.5 Å². The molecule has 2 aromatic rings. The lowest BCUT2D eigenvalue weighted by molar-refractivity contribution is -0.151. The summed E-state index contributed by atoms with van der Waals surface area (Å²) in [7, 11) is 3.23. The van der Waals surface area contributed by atoms with Crippen LogP contribution in [0.5, 0.6) is 0 Å². The quantitative estimate of drug-likeness (QED) is 0.875. The summed E-state index contributed by atoms with van der Waals surface area (Å²) in [6.07, 6.45) is 2.62. The van der Waals surface area contributed by atoms with Gasteiger partial charge in [0, 0.05) is 31.8 Å². The van der Waals surface area contributed by atoms with Crippen LogP contribution in [0.1, 0.15) is 23.2 Å². The summed E-state index contributed by atoms with van der Waals surface area (Å²) in [5.74, 6) is -0.770. The van der Waals surface area contributed by atoms with E-state index in [4.69, 9.17) is 4.74 Å². The number of hydrogen-bond donors (Lipinski definition) is 1. The second-order valence-electron chi connectivity index (χ2n) is 6.15. The maximum atomic E-state index is 12.9.